The van der Waals surface area contributed by atoms with Gasteiger partial charge in [0.2, 0.25) is 15.9 Å². The van der Waals surface area contributed by atoms with Crippen molar-refractivity contribution in [2.45, 2.75) is 17.4 Å². The number of benzene rings is 3. The maximum absolute atomic E-state index is 13.2. The van der Waals surface area contributed by atoms with E-state index in [0.29, 0.717) is 17.2 Å². The lowest BCUT2D eigenvalue weighted by Crippen LogP contribution is -2.45. The minimum atomic E-state index is -4.17. The van der Waals surface area contributed by atoms with Gasteiger partial charge >= 0.3 is 0 Å². The van der Waals surface area contributed by atoms with Gasteiger partial charge in [-0.15, -0.1) is 0 Å². The van der Waals surface area contributed by atoms with Gasteiger partial charge in [0.05, 0.1) is 24.9 Å². The summed E-state index contributed by atoms with van der Waals surface area (Å²) in [5.41, 5.74) is 1.13. The minimum absolute atomic E-state index is 0.0115. The Morgan fingerprint density at radius 3 is 2.36 bits per heavy atom. The Morgan fingerprint density at radius 1 is 0.970 bits per heavy atom. The summed E-state index contributed by atoms with van der Waals surface area (Å²) in [4.78, 5) is 13.0. The van der Waals surface area contributed by atoms with E-state index in [2.05, 4.69) is 10.0 Å². The molecule has 0 aliphatic carbocycles. The van der Waals surface area contributed by atoms with Crippen molar-refractivity contribution in [1.29, 1.82) is 0 Å². The zero-order valence-corrected chi connectivity index (χ0v) is 20.2. The van der Waals surface area contributed by atoms with Crippen molar-refractivity contribution in [2.75, 3.05) is 19.5 Å². The smallest absolute Gasteiger partial charge is 0.243 e. The number of anilines is 1. The zero-order valence-electron chi connectivity index (χ0n) is 17.8. The molecule has 174 valence electrons. The molecule has 7 nitrogen and oxygen atoms in total. The lowest BCUT2D eigenvalue weighted by Gasteiger charge is -2.20. The predicted molar refractivity (Wildman–Crippen MR) is 129 cm³/mol. The third kappa shape index (κ3) is 6.39. The first kappa shape index (κ1) is 24.9. The summed E-state index contributed by atoms with van der Waals surface area (Å²) in [5, 5.41) is 2.92. The minimum Gasteiger partial charge on any atom is -0.497 e. The number of hydrogen-bond acceptors (Lipinski definition) is 5. The molecule has 0 aliphatic heterocycles. The van der Waals surface area contributed by atoms with E-state index in [1.807, 2.05) is 6.07 Å². The molecule has 0 spiro atoms. The van der Waals surface area contributed by atoms with Gasteiger partial charge in [0, 0.05) is 11.1 Å². The van der Waals surface area contributed by atoms with E-state index < -0.39 is 22.0 Å². The van der Waals surface area contributed by atoms with Gasteiger partial charge in [-0.3, -0.25) is 4.79 Å². The third-order valence-corrected chi connectivity index (χ3v) is 6.93. The Hall–Kier alpha value is -2.78. The van der Waals surface area contributed by atoms with Gasteiger partial charge in [-0.1, -0.05) is 53.5 Å². The van der Waals surface area contributed by atoms with E-state index in [0.717, 1.165) is 5.56 Å². The number of sulfonamides is 1. The number of carbonyl (C=O) groups is 1. The topological polar surface area (TPSA) is 93.7 Å². The summed E-state index contributed by atoms with van der Waals surface area (Å²) in [7, 11) is -1.21. The fourth-order valence-electron chi connectivity index (χ4n) is 3.09. The van der Waals surface area contributed by atoms with Gasteiger partial charge in [-0.05, 0) is 42.3 Å². The normalized spacial score (nSPS) is 12.1. The number of hydrogen-bond donors (Lipinski definition) is 2. The molecule has 2 N–H and O–H groups in total. The van der Waals surface area contributed by atoms with Crippen molar-refractivity contribution in [3.63, 3.8) is 0 Å². The summed E-state index contributed by atoms with van der Waals surface area (Å²) in [6.07, 6.45) is 0.0998. The van der Waals surface area contributed by atoms with Gasteiger partial charge in [0.1, 0.15) is 22.4 Å². The molecule has 10 heteroatoms. The molecule has 1 amide bonds. The van der Waals surface area contributed by atoms with Gasteiger partial charge in [-0.2, -0.15) is 4.72 Å². The van der Waals surface area contributed by atoms with Gasteiger partial charge in [0.15, 0.2) is 0 Å². The molecule has 0 bridgehead atoms. The van der Waals surface area contributed by atoms with Gasteiger partial charge in [-0.25, -0.2) is 8.42 Å². The van der Waals surface area contributed by atoms with Crippen molar-refractivity contribution in [1.82, 2.24) is 4.72 Å². The number of ether oxygens (including phenoxy) is 2. The number of rotatable bonds is 9. The molecule has 33 heavy (non-hydrogen) atoms. The summed E-state index contributed by atoms with van der Waals surface area (Å²) in [6, 6.07) is 16.9. The Morgan fingerprint density at radius 2 is 1.70 bits per heavy atom. The first-order chi connectivity index (χ1) is 15.7. The Kier molecular flexibility index (Phi) is 8.20. The summed E-state index contributed by atoms with van der Waals surface area (Å²) in [5.74, 6) is 0.327. The second kappa shape index (κ2) is 10.9. The van der Waals surface area contributed by atoms with Crippen LogP contribution >= 0.6 is 23.2 Å². The van der Waals surface area contributed by atoms with Crippen LogP contribution in [-0.4, -0.2) is 34.6 Å². The van der Waals surface area contributed by atoms with Crippen LogP contribution < -0.4 is 19.5 Å². The van der Waals surface area contributed by atoms with Crippen LogP contribution in [0.3, 0.4) is 0 Å². The molecule has 3 aromatic rings. The predicted octanol–water partition coefficient (Wildman–Crippen LogP) is 4.54. The molecule has 3 rings (SSSR count). The highest BCUT2D eigenvalue weighted by Crippen LogP contribution is 2.30. The molecule has 0 unspecified atom stereocenters. The largest absolute Gasteiger partial charge is 0.497 e. The van der Waals surface area contributed by atoms with Crippen LogP contribution in [0.5, 0.6) is 11.5 Å². The first-order valence-corrected chi connectivity index (χ1v) is 12.0. The Balaban J connectivity index is 1.93. The van der Waals surface area contributed by atoms with E-state index in [9.17, 15) is 13.2 Å². The standard InChI is InChI=1S/C23H22Cl2N2O5S/c1-31-17-9-11-19(21(14-17)32-2)26-23(28)20(12-15-6-4-3-5-7-15)27-33(29,30)22-13-16(24)8-10-18(22)25/h3-11,13-14,20,27H,12H2,1-2H3,(H,26,28)/t20-/m1/s1. The summed E-state index contributed by atoms with van der Waals surface area (Å²) in [6.45, 7) is 0. The van der Waals surface area contributed by atoms with E-state index in [1.165, 1.54) is 32.4 Å². The second-order valence-corrected chi connectivity index (χ2v) is 9.52. The summed E-state index contributed by atoms with van der Waals surface area (Å²) >= 11 is 12.1. The molecule has 0 aromatic heterocycles. The van der Waals surface area contributed by atoms with Crippen molar-refractivity contribution in [3.05, 3.63) is 82.3 Å². The number of nitrogens with one attached hydrogen (secondary N) is 2. The lowest BCUT2D eigenvalue weighted by atomic mass is 10.1. The highest BCUT2D eigenvalue weighted by molar-refractivity contribution is 7.89. The summed E-state index contributed by atoms with van der Waals surface area (Å²) < 4.78 is 39.1. The molecule has 0 fully saturated rings. The second-order valence-electron chi connectivity index (χ2n) is 6.99. The lowest BCUT2D eigenvalue weighted by molar-refractivity contribution is -0.117. The fourth-order valence-corrected chi connectivity index (χ4v) is 5.05. The molecule has 0 heterocycles. The monoisotopic (exact) mass is 508 g/mol. The van der Waals surface area contributed by atoms with Crippen LogP contribution in [0.25, 0.3) is 0 Å². The number of halogens is 2. The highest BCUT2D eigenvalue weighted by atomic mass is 35.5. The van der Waals surface area contributed by atoms with Crippen molar-refractivity contribution < 1.29 is 22.7 Å². The van der Waals surface area contributed by atoms with E-state index in [4.69, 9.17) is 32.7 Å². The van der Waals surface area contributed by atoms with Crippen LogP contribution in [0.1, 0.15) is 5.56 Å². The van der Waals surface area contributed by atoms with Gasteiger partial charge in [0.25, 0.3) is 0 Å². The number of methoxy groups -OCH3 is 2. The van der Waals surface area contributed by atoms with E-state index in [1.54, 1.807) is 42.5 Å². The fraction of sp³-hybridized carbons (Fsp3) is 0.174. The maximum atomic E-state index is 13.2. The maximum Gasteiger partial charge on any atom is 0.243 e. The quantitative estimate of drug-likeness (QED) is 0.442. The van der Waals surface area contributed by atoms with E-state index >= 15 is 0 Å². The van der Waals surface area contributed by atoms with Crippen LogP contribution in [-0.2, 0) is 21.2 Å². The Labute approximate surface area is 202 Å². The van der Waals surface area contributed by atoms with Crippen molar-refractivity contribution in [2.24, 2.45) is 0 Å². The average Bonchev–Trinajstić information content (AvgIpc) is 2.80. The molecule has 0 radical (unpaired) electrons. The van der Waals surface area contributed by atoms with Gasteiger partial charge < -0.3 is 14.8 Å². The molecule has 0 saturated heterocycles. The average molecular weight is 509 g/mol. The molecule has 1 atom stereocenters. The SMILES string of the molecule is COc1ccc(NC(=O)[C@@H](Cc2ccccc2)NS(=O)(=O)c2cc(Cl)ccc2Cl)c(OC)c1. The molecule has 3 aromatic carbocycles. The number of carbonyl (C=O) groups excluding carboxylic acids is 1. The molecular formula is C23H22Cl2N2O5S. The van der Waals surface area contributed by atoms with Crippen LogP contribution in [0.2, 0.25) is 10.0 Å². The Bertz CT molecular complexity index is 1240. The zero-order chi connectivity index (χ0) is 24.0. The van der Waals surface area contributed by atoms with Crippen molar-refractivity contribution >= 4 is 44.8 Å². The third-order valence-electron chi connectivity index (χ3n) is 4.75. The van der Waals surface area contributed by atoms with Crippen LogP contribution in [0.15, 0.2) is 71.6 Å². The number of amides is 1. The van der Waals surface area contributed by atoms with E-state index in [-0.39, 0.29) is 21.4 Å². The van der Waals surface area contributed by atoms with Crippen LogP contribution in [0.4, 0.5) is 5.69 Å². The van der Waals surface area contributed by atoms with Crippen LogP contribution in [0, 0.1) is 0 Å². The molecule has 0 saturated carbocycles. The molecular weight excluding hydrogens is 487 g/mol. The van der Waals surface area contributed by atoms with Crippen molar-refractivity contribution in [3.8, 4) is 11.5 Å². The highest BCUT2D eigenvalue weighted by Gasteiger charge is 2.28. The first-order valence-electron chi connectivity index (χ1n) is 9.77. The molecule has 0 aliphatic rings.